The monoisotopic (exact) mass is 848 g/mol. The predicted molar refractivity (Wildman–Crippen MR) is 220 cm³/mol. The number of halogens is 4. The maximum atomic E-state index is 5.86. The van der Waals surface area contributed by atoms with E-state index in [9.17, 15) is 0 Å². The molecule has 0 heterocycles. The molecule has 0 unspecified atom stereocenters. The molecule has 52 heavy (non-hydrogen) atoms. The van der Waals surface area contributed by atoms with Gasteiger partial charge in [-0.25, -0.2) is 12.2 Å². The van der Waals surface area contributed by atoms with Crippen LogP contribution in [0.4, 0.5) is 0 Å². The maximum absolute atomic E-state index is 5.86. The zero-order valence-electron chi connectivity index (χ0n) is 33.0. The fourth-order valence-corrected chi connectivity index (χ4v) is 7.40. The Kier molecular flexibility index (Phi) is 16.2. The summed E-state index contributed by atoms with van der Waals surface area (Å²) in [7, 11) is 0. The third-order valence-corrected chi connectivity index (χ3v) is 11.0. The molecular formula is C47H54Cl4Zr-2. The Balaban J connectivity index is 0.000000340. The summed E-state index contributed by atoms with van der Waals surface area (Å²) in [5.41, 5.74) is 8.83. The van der Waals surface area contributed by atoms with Gasteiger partial charge in [0.15, 0.2) is 0 Å². The van der Waals surface area contributed by atoms with Crippen LogP contribution in [0, 0.1) is 6.08 Å². The van der Waals surface area contributed by atoms with E-state index in [0.29, 0.717) is 0 Å². The van der Waals surface area contributed by atoms with Crippen molar-refractivity contribution in [3.8, 4) is 0 Å². The summed E-state index contributed by atoms with van der Waals surface area (Å²) < 4.78 is 1.31. The molecule has 0 spiro atoms. The predicted octanol–water partition coefficient (Wildman–Crippen LogP) is 8.32. The van der Waals surface area contributed by atoms with Crippen molar-refractivity contribution >= 4 is 48.0 Å². The van der Waals surface area contributed by atoms with Crippen molar-refractivity contribution in [2.75, 3.05) is 0 Å². The van der Waals surface area contributed by atoms with Gasteiger partial charge in [0.2, 0.25) is 0 Å². The van der Waals surface area contributed by atoms with E-state index in [0.717, 1.165) is 16.5 Å². The molecule has 0 saturated carbocycles. The summed E-state index contributed by atoms with van der Waals surface area (Å²) >= 11 is 13.1. The molecule has 0 bridgehead atoms. The van der Waals surface area contributed by atoms with E-state index in [4.69, 9.17) is 23.2 Å². The van der Waals surface area contributed by atoms with Crippen molar-refractivity contribution in [1.29, 1.82) is 0 Å². The van der Waals surface area contributed by atoms with Gasteiger partial charge in [-0.1, -0.05) is 117 Å². The van der Waals surface area contributed by atoms with Crippen LogP contribution in [-0.4, -0.2) is 3.21 Å². The first-order valence-electron chi connectivity index (χ1n) is 17.6. The number of benzene rings is 4. The largest absolute Gasteiger partial charge is 1.00 e. The quantitative estimate of drug-likeness (QED) is 0.157. The second kappa shape index (κ2) is 18.2. The molecule has 0 fully saturated rings. The Bertz CT molecular complexity index is 1870. The van der Waals surface area contributed by atoms with Crippen LogP contribution in [0.5, 0.6) is 0 Å². The van der Waals surface area contributed by atoms with Crippen LogP contribution < -0.4 is 24.8 Å². The molecule has 0 radical (unpaired) electrons. The van der Waals surface area contributed by atoms with Gasteiger partial charge in [-0.2, -0.15) is 6.08 Å². The van der Waals surface area contributed by atoms with Gasteiger partial charge in [0.05, 0.1) is 0 Å². The molecule has 0 amide bonds. The maximum Gasteiger partial charge on any atom is -0.109 e. The van der Waals surface area contributed by atoms with E-state index in [1.165, 1.54) is 82.4 Å². The summed E-state index contributed by atoms with van der Waals surface area (Å²) in [5, 5.41) is 7.10. The van der Waals surface area contributed by atoms with Gasteiger partial charge in [-0.05, 0) is 21.7 Å². The second-order valence-electron chi connectivity index (χ2n) is 17.5. The van der Waals surface area contributed by atoms with Gasteiger partial charge in [0.25, 0.3) is 0 Å². The molecule has 1 aliphatic rings. The van der Waals surface area contributed by atoms with Gasteiger partial charge in [0, 0.05) is 0 Å². The molecule has 5 aromatic carbocycles. The second-order valence-corrected chi connectivity index (χ2v) is 19.6. The van der Waals surface area contributed by atoms with Gasteiger partial charge >= 0.3 is 120 Å². The van der Waals surface area contributed by atoms with Crippen molar-refractivity contribution in [2.45, 2.75) is 111 Å². The topological polar surface area (TPSA) is 0 Å². The summed E-state index contributed by atoms with van der Waals surface area (Å²) in [6.45, 7) is 28.0. The Morgan fingerprint density at radius 3 is 1.13 bits per heavy atom. The van der Waals surface area contributed by atoms with Crippen molar-refractivity contribution in [2.24, 2.45) is 0 Å². The zero-order valence-corrected chi connectivity index (χ0v) is 38.4. The molecule has 276 valence electrons. The molecule has 0 nitrogen and oxygen atoms in total. The SMILES string of the molecule is CC(C)(C)c1cc2[cH-]c3cc(C(C)(C)C)c(C(C)(C)C)cc3c2cc1C(C)(C)C.Clc1ccc([C](=[Zr+2])c2ccc(Cl)cc2)cc1.[C-]1=CC=CC1.[Cl-].[Cl-]. The minimum absolute atomic E-state index is 0. The zero-order chi connectivity index (χ0) is 37.2. The molecular weight excluding hydrogens is 798 g/mol. The first-order chi connectivity index (χ1) is 23.1. The normalized spacial score (nSPS) is 12.8. The van der Waals surface area contributed by atoms with Crippen molar-refractivity contribution in [3.63, 3.8) is 0 Å². The van der Waals surface area contributed by atoms with Crippen molar-refractivity contribution < 1.29 is 49.0 Å². The fraction of sp³-hybridized carbons (Fsp3) is 0.362. The molecule has 0 aliphatic heterocycles. The first kappa shape index (κ1) is 46.3. The van der Waals surface area contributed by atoms with E-state index in [1.807, 2.05) is 60.7 Å². The standard InChI is InChI=1S/C29H41.C13H8Cl2.C5H5.2ClH.Zr/c1-26(2,3)22-14-18-13-19-15-23(27(4,5)6)25(29(10,11)12)17-21(19)20(18)16-24(22)28(7,8)9;14-12-5-1-10(2-6-12)9-11-3-7-13(15)8-4-11;1-2-4-5-3-1;;;/h13-17H,1-12H3;1-8H;1-3H,4H2;2*1H;/q-1;;-1;;;+2/p-2. The number of hydrogen-bond donors (Lipinski definition) is 0. The summed E-state index contributed by atoms with van der Waals surface area (Å²) in [6.07, 6.45) is 10.0. The van der Waals surface area contributed by atoms with Crippen LogP contribution in [0.2, 0.25) is 10.0 Å². The van der Waals surface area contributed by atoms with Crippen molar-refractivity contribution in [1.82, 2.24) is 0 Å². The number of hydrogen-bond acceptors (Lipinski definition) is 0. The van der Waals surface area contributed by atoms with Gasteiger partial charge < -0.3 is 24.8 Å². The molecule has 5 heteroatoms. The molecule has 0 aromatic heterocycles. The van der Waals surface area contributed by atoms with E-state index >= 15 is 0 Å². The third kappa shape index (κ3) is 11.8. The minimum Gasteiger partial charge on any atom is -1.00 e. The Hall–Kier alpha value is -1.86. The Morgan fingerprint density at radius 1 is 0.558 bits per heavy atom. The van der Waals surface area contributed by atoms with Crippen LogP contribution >= 0.6 is 23.2 Å². The van der Waals surface area contributed by atoms with Crippen molar-refractivity contribution in [3.05, 3.63) is 147 Å². The summed E-state index contributed by atoms with van der Waals surface area (Å²) in [4.78, 5) is 0. The van der Waals surface area contributed by atoms with E-state index in [1.54, 1.807) is 0 Å². The average molecular weight is 852 g/mol. The number of fused-ring (bicyclic) bond motifs is 3. The molecule has 1 aliphatic carbocycles. The molecule has 0 saturated heterocycles. The average Bonchev–Trinajstić information content (AvgIpc) is 3.71. The summed E-state index contributed by atoms with van der Waals surface area (Å²) in [6, 6.07) is 28.1. The fourth-order valence-electron chi connectivity index (χ4n) is 6.33. The molecule has 0 atom stereocenters. The number of allylic oxidation sites excluding steroid dienone is 4. The molecule has 0 N–H and O–H groups in total. The summed E-state index contributed by atoms with van der Waals surface area (Å²) in [5.74, 6) is 0. The number of rotatable bonds is 2. The van der Waals surface area contributed by atoms with Gasteiger partial charge in [-0.15, -0.1) is 46.2 Å². The third-order valence-electron chi connectivity index (χ3n) is 9.06. The van der Waals surface area contributed by atoms with E-state index < -0.39 is 0 Å². The van der Waals surface area contributed by atoms with Crippen LogP contribution in [0.15, 0.2) is 97.1 Å². The smallest absolute Gasteiger partial charge is 0.109 e. The van der Waals surface area contributed by atoms with Crippen LogP contribution in [0.25, 0.3) is 21.5 Å². The molecule has 5 aromatic rings. The Morgan fingerprint density at radius 2 is 0.885 bits per heavy atom. The van der Waals surface area contributed by atoms with E-state index in [-0.39, 0.29) is 46.5 Å². The van der Waals surface area contributed by atoms with Crippen LogP contribution in [-0.2, 0) is 45.9 Å². The van der Waals surface area contributed by atoms with Crippen LogP contribution in [0.3, 0.4) is 0 Å². The van der Waals surface area contributed by atoms with Crippen LogP contribution in [0.1, 0.15) is 123 Å². The van der Waals surface area contributed by atoms with Gasteiger partial charge in [-0.3, -0.25) is 6.08 Å². The molecule has 6 rings (SSSR count). The Labute approximate surface area is 352 Å². The van der Waals surface area contributed by atoms with Gasteiger partial charge in [0.1, 0.15) is 0 Å². The van der Waals surface area contributed by atoms with E-state index in [2.05, 4.69) is 126 Å². The minimum atomic E-state index is 0. The first-order valence-corrected chi connectivity index (χ1v) is 19.6.